The van der Waals surface area contributed by atoms with Crippen molar-refractivity contribution in [3.8, 4) is 0 Å². The molecule has 4 heteroatoms. The zero-order valence-electron chi connectivity index (χ0n) is 12.7. The molecule has 0 spiro atoms. The van der Waals surface area contributed by atoms with Gasteiger partial charge in [-0.25, -0.2) is 0 Å². The van der Waals surface area contributed by atoms with Crippen LogP contribution < -0.4 is 5.73 Å². The lowest BCUT2D eigenvalue weighted by Crippen LogP contribution is -2.42. The normalized spacial score (nSPS) is 14.2. The van der Waals surface area contributed by atoms with Gasteiger partial charge in [0.2, 0.25) is 0 Å². The standard InChI is InChI=1S/C14H29N3O/c1-12(2,16)11-14(5,6)18-10-7-13(3,4)17-9-8-15/h8-9,15H,7,10-11,16H2,1-6H3. The van der Waals surface area contributed by atoms with Crippen molar-refractivity contribution in [2.24, 2.45) is 10.7 Å². The third kappa shape index (κ3) is 9.31. The second-order valence-electron chi connectivity index (χ2n) is 6.78. The van der Waals surface area contributed by atoms with E-state index in [1.165, 1.54) is 12.4 Å². The monoisotopic (exact) mass is 255 g/mol. The van der Waals surface area contributed by atoms with Gasteiger partial charge in [0.05, 0.1) is 11.1 Å². The molecule has 0 rings (SSSR count). The van der Waals surface area contributed by atoms with Gasteiger partial charge in [-0.1, -0.05) is 0 Å². The van der Waals surface area contributed by atoms with Gasteiger partial charge in [0.15, 0.2) is 0 Å². The van der Waals surface area contributed by atoms with E-state index in [1.807, 2.05) is 27.7 Å². The van der Waals surface area contributed by atoms with E-state index in [2.05, 4.69) is 18.8 Å². The van der Waals surface area contributed by atoms with Crippen molar-refractivity contribution in [1.82, 2.24) is 0 Å². The number of aliphatic imine (C=N–C) groups is 1. The van der Waals surface area contributed by atoms with Crippen molar-refractivity contribution in [2.45, 2.75) is 71.1 Å². The first kappa shape index (κ1) is 17.3. The Hall–Kier alpha value is -0.740. The molecule has 0 aliphatic rings. The maximum atomic E-state index is 6.94. The van der Waals surface area contributed by atoms with Crippen molar-refractivity contribution in [2.75, 3.05) is 6.61 Å². The fourth-order valence-electron chi connectivity index (χ4n) is 2.03. The van der Waals surface area contributed by atoms with E-state index < -0.39 is 0 Å². The molecule has 0 saturated heterocycles. The first-order valence-electron chi connectivity index (χ1n) is 6.45. The molecule has 0 heterocycles. The van der Waals surface area contributed by atoms with Crippen LogP contribution in [0.25, 0.3) is 0 Å². The van der Waals surface area contributed by atoms with Crippen LogP contribution >= 0.6 is 0 Å². The van der Waals surface area contributed by atoms with E-state index in [0.717, 1.165) is 12.8 Å². The summed E-state index contributed by atoms with van der Waals surface area (Å²) in [4.78, 5) is 4.30. The summed E-state index contributed by atoms with van der Waals surface area (Å²) in [5, 5.41) is 6.94. The highest BCUT2D eigenvalue weighted by Gasteiger charge is 2.27. The molecule has 0 unspecified atom stereocenters. The molecule has 0 aromatic carbocycles. The Labute approximate surface area is 112 Å². The van der Waals surface area contributed by atoms with Gasteiger partial charge in [-0.3, -0.25) is 4.99 Å². The number of nitrogens with two attached hydrogens (primary N) is 1. The number of hydrogen-bond acceptors (Lipinski definition) is 4. The van der Waals surface area contributed by atoms with Crippen molar-refractivity contribution in [1.29, 1.82) is 5.41 Å². The van der Waals surface area contributed by atoms with E-state index in [-0.39, 0.29) is 16.7 Å². The number of ether oxygens (including phenoxy) is 1. The van der Waals surface area contributed by atoms with Gasteiger partial charge in [0.25, 0.3) is 0 Å². The van der Waals surface area contributed by atoms with Gasteiger partial charge in [0, 0.05) is 24.6 Å². The predicted molar refractivity (Wildman–Crippen MR) is 78.9 cm³/mol. The Bertz CT molecular complexity index is 288. The molecule has 0 fully saturated rings. The lowest BCUT2D eigenvalue weighted by atomic mass is 9.90. The first-order chi connectivity index (χ1) is 7.97. The molecule has 0 aromatic rings. The average molecular weight is 255 g/mol. The van der Waals surface area contributed by atoms with Gasteiger partial charge < -0.3 is 15.9 Å². The minimum atomic E-state index is -0.225. The topological polar surface area (TPSA) is 71.5 Å². The van der Waals surface area contributed by atoms with Crippen LogP contribution in [0.5, 0.6) is 0 Å². The zero-order valence-corrected chi connectivity index (χ0v) is 12.7. The smallest absolute Gasteiger partial charge is 0.0643 e. The van der Waals surface area contributed by atoms with Gasteiger partial charge in [-0.05, 0) is 54.4 Å². The number of hydrogen-bond donors (Lipinski definition) is 2. The van der Waals surface area contributed by atoms with E-state index in [1.54, 1.807) is 0 Å². The number of nitrogens with zero attached hydrogens (tertiary/aromatic N) is 1. The highest BCUT2D eigenvalue weighted by molar-refractivity contribution is 6.14. The lowest BCUT2D eigenvalue weighted by molar-refractivity contribution is -0.0395. The molecule has 0 atom stereocenters. The molecule has 4 nitrogen and oxygen atoms in total. The van der Waals surface area contributed by atoms with Gasteiger partial charge in [-0.15, -0.1) is 0 Å². The minimum Gasteiger partial charge on any atom is -0.375 e. The molecule has 0 aromatic heterocycles. The van der Waals surface area contributed by atoms with E-state index in [9.17, 15) is 0 Å². The Balaban J connectivity index is 4.18. The Morgan fingerprint density at radius 1 is 1.17 bits per heavy atom. The summed E-state index contributed by atoms with van der Waals surface area (Å²) in [5.41, 5.74) is 5.38. The second-order valence-corrected chi connectivity index (χ2v) is 6.78. The minimum absolute atomic E-state index is 0.189. The summed E-state index contributed by atoms with van der Waals surface area (Å²) in [6, 6.07) is 0. The molecular formula is C14H29N3O. The molecule has 106 valence electrons. The van der Waals surface area contributed by atoms with Crippen LogP contribution in [0.3, 0.4) is 0 Å². The Morgan fingerprint density at radius 2 is 1.72 bits per heavy atom. The van der Waals surface area contributed by atoms with Gasteiger partial charge in [0.1, 0.15) is 0 Å². The van der Waals surface area contributed by atoms with Crippen LogP contribution in [-0.4, -0.2) is 35.7 Å². The SMILES string of the molecule is CC(C)(N)CC(C)(C)OCCC(C)(C)N=CC=N. The fraction of sp³-hybridized carbons (Fsp3) is 0.857. The molecule has 0 aliphatic carbocycles. The van der Waals surface area contributed by atoms with Gasteiger partial charge >= 0.3 is 0 Å². The summed E-state index contributed by atoms with van der Waals surface area (Å²) in [7, 11) is 0. The van der Waals surface area contributed by atoms with Crippen LogP contribution in [-0.2, 0) is 4.74 Å². The average Bonchev–Trinajstić information content (AvgIpc) is 2.10. The third-order valence-electron chi connectivity index (χ3n) is 2.59. The highest BCUT2D eigenvalue weighted by Crippen LogP contribution is 2.23. The maximum Gasteiger partial charge on any atom is 0.0643 e. The molecular weight excluding hydrogens is 226 g/mol. The molecule has 18 heavy (non-hydrogen) atoms. The van der Waals surface area contributed by atoms with Crippen LogP contribution in [0.4, 0.5) is 0 Å². The third-order valence-corrected chi connectivity index (χ3v) is 2.59. The first-order valence-corrected chi connectivity index (χ1v) is 6.45. The molecule has 3 N–H and O–H groups in total. The highest BCUT2D eigenvalue weighted by atomic mass is 16.5. The summed E-state index contributed by atoms with van der Waals surface area (Å²) in [5.74, 6) is 0. The van der Waals surface area contributed by atoms with E-state index in [4.69, 9.17) is 15.9 Å². The van der Waals surface area contributed by atoms with E-state index >= 15 is 0 Å². The summed E-state index contributed by atoms with van der Waals surface area (Å²) >= 11 is 0. The van der Waals surface area contributed by atoms with Crippen LogP contribution in [0, 0.1) is 5.41 Å². The van der Waals surface area contributed by atoms with Crippen LogP contribution in [0.15, 0.2) is 4.99 Å². The van der Waals surface area contributed by atoms with Crippen molar-refractivity contribution in [3.05, 3.63) is 0 Å². The predicted octanol–water partition coefficient (Wildman–Crippen LogP) is 2.80. The maximum absolute atomic E-state index is 6.94. The molecule has 0 aliphatic heterocycles. The molecule has 0 saturated carbocycles. The van der Waals surface area contributed by atoms with Crippen molar-refractivity contribution in [3.63, 3.8) is 0 Å². The fourth-order valence-corrected chi connectivity index (χ4v) is 2.03. The van der Waals surface area contributed by atoms with Crippen LogP contribution in [0.1, 0.15) is 54.4 Å². The largest absolute Gasteiger partial charge is 0.375 e. The molecule has 0 radical (unpaired) electrons. The Morgan fingerprint density at radius 3 is 2.17 bits per heavy atom. The molecule has 0 amide bonds. The summed E-state index contributed by atoms with van der Waals surface area (Å²) in [6.07, 6.45) is 4.35. The number of rotatable bonds is 8. The van der Waals surface area contributed by atoms with Crippen LogP contribution in [0.2, 0.25) is 0 Å². The lowest BCUT2D eigenvalue weighted by Gasteiger charge is -2.33. The van der Waals surface area contributed by atoms with Crippen molar-refractivity contribution >= 4 is 12.4 Å². The zero-order chi connectivity index (χ0) is 14.4. The van der Waals surface area contributed by atoms with Crippen molar-refractivity contribution < 1.29 is 4.74 Å². The van der Waals surface area contributed by atoms with E-state index in [0.29, 0.717) is 6.61 Å². The summed E-state index contributed by atoms with van der Waals surface area (Å²) in [6.45, 7) is 12.9. The van der Waals surface area contributed by atoms with Gasteiger partial charge in [-0.2, -0.15) is 0 Å². The Kier molecular flexibility index (Phi) is 6.17. The summed E-state index contributed by atoms with van der Waals surface area (Å²) < 4.78 is 5.91. The number of nitrogens with one attached hydrogen (secondary N) is 1. The quantitative estimate of drug-likeness (QED) is 0.655. The second kappa shape index (κ2) is 6.43. The molecule has 0 bridgehead atoms.